The van der Waals surface area contributed by atoms with E-state index in [-0.39, 0.29) is 17.9 Å². The molecule has 0 heterocycles. The monoisotopic (exact) mass is 186 g/mol. The Morgan fingerprint density at radius 1 is 1.25 bits per heavy atom. The van der Waals surface area contributed by atoms with Crippen molar-refractivity contribution in [3.05, 3.63) is 23.8 Å². The molecule has 3 nitrogen and oxygen atoms in total. The Balaban J connectivity index is 2.93. The zero-order chi connectivity index (χ0) is 9.14. The fourth-order valence-corrected chi connectivity index (χ4v) is 1.07. The molecule has 0 aromatic heterocycles. The standard InChI is InChI=1S/C8H7ClO3/c9-8(12)3-5-1-6(10)4-7(11)2-5/h1-2,4,10-11H,3H2. The largest absolute Gasteiger partial charge is 0.508 e. The number of rotatable bonds is 2. The second-order valence-corrected chi connectivity index (χ2v) is 2.81. The Hall–Kier alpha value is -1.22. The van der Waals surface area contributed by atoms with E-state index in [0.29, 0.717) is 5.56 Å². The summed E-state index contributed by atoms with van der Waals surface area (Å²) in [6.45, 7) is 0. The molecule has 2 N–H and O–H groups in total. The molecule has 0 saturated carbocycles. The Bertz CT molecular complexity index is 289. The molecule has 0 spiro atoms. The lowest BCUT2D eigenvalue weighted by Gasteiger charge is -1.99. The van der Waals surface area contributed by atoms with E-state index in [9.17, 15) is 4.79 Å². The van der Waals surface area contributed by atoms with Crippen LogP contribution < -0.4 is 0 Å². The third-order valence-electron chi connectivity index (χ3n) is 1.31. The van der Waals surface area contributed by atoms with Crippen LogP contribution in [0, 0.1) is 0 Å². The molecular weight excluding hydrogens is 180 g/mol. The van der Waals surface area contributed by atoms with Gasteiger partial charge in [0.15, 0.2) is 0 Å². The van der Waals surface area contributed by atoms with Gasteiger partial charge in [0.05, 0.1) is 0 Å². The van der Waals surface area contributed by atoms with Gasteiger partial charge in [0.2, 0.25) is 5.24 Å². The van der Waals surface area contributed by atoms with Gasteiger partial charge in [-0.05, 0) is 29.3 Å². The zero-order valence-electron chi connectivity index (χ0n) is 6.12. The average Bonchev–Trinajstić information content (AvgIpc) is 1.81. The predicted molar refractivity (Wildman–Crippen MR) is 44.3 cm³/mol. The number of phenolic OH excluding ortho intramolecular Hbond substituents is 2. The minimum Gasteiger partial charge on any atom is -0.508 e. The molecule has 12 heavy (non-hydrogen) atoms. The summed E-state index contributed by atoms with van der Waals surface area (Å²) >= 11 is 5.11. The van der Waals surface area contributed by atoms with E-state index >= 15 is 0 Å². The first kappa shape index (κ1) is 8.87. The van der Waals surface area contributed by atoms with Crippen LogP contribution in [0.15, 0.2) is 18.2 Å². The normalized spacial score (nSPS) is 9.75. The first-order valence-corrected chi connectivity index (χ1v) is 3.66. The summed E-state index contributed by atoms with van der Waals surface area (Å²) in [6, 6.07) is 3.93. The number of hydrogen-bond acceptors (Lipinski definition) is 3. The number of phenols is 2. The van der Waals surface area contributed by atoms with Gasteiger partial charge in [0.1, 0.15) is 11.5 Å². The van der Waals surface area contributed by atoms with Crippen LogP contribution in [-0.2, 0) is 11.2 Å². The molecule has 0 radical (unpaired) electrons. The highest BCUT2D eigenvalue weighted by molar-refractivity contribution is 6.63. The van der Waals surface area contributed by atoms with E-state index in [1.54, 1.807) is 0 Å². The maximum Gasteiger partial charge on any atom is 0.226 e. The minimum absolute atomic E-state index is 0.00349. The quantitative estimate of drug-likeness (QED) is 0.687. The topological polar surface area (TPSA) is 57.5 Å². The smallest absolute Gasteiger partial charge is 0.226 e. The van der Waals surface area contributed by atoms with Crippen molar-refractivity contribution in [2.75, 3.05) is 0 Å². The van der Waals surface area contributed by atoms with Crippen molar-refractivity contribution in [3.8, 4) is 11.5 Å². The van der Waals surface area contributed by atoms with Crippen molar-refractivity contribution in [1.29, 1.82) is 0 Å². The number of hydrogen-bond donors (Lipinski definition) is 2. The summed E-state index contributed by atoms with van der Waals surface area (Å²) in [5, 5.41) is 17.5. The van der Waals surface area contributed by atoms with Crippen LogP contribution in [0.25, 0.3) is 0 Å². The van der Waals surface area contributed by atoms with Gasteiger partial charge >= 0.3 is 0 Å². The summed E-state index contributed by atoms with van der Waals surface area (Å²) in [6.07, 6.45) is 0.00349. The first-order valence-electron chi connectivity index (χ1n) is 3.28. The van der Waals surface area contributed by atoms with Crippen LogP contribution in [0.2, 0.25) is 0 Å². The van der Waals surface area contributed by atoms with Crippen molar-refractivity contribution in [1.82, 2.24) is 0 Å². The lowest BCUT2D eigenvalue weighted by Crippen LogP contribution is -1.92. The highest BCUT2D eigenvalue weighted by Gasteiger charge is 2.02. The predicted octanol–water partition coefficient (Wildman–Crippen LogP) is 1.41. The van der Waals surface area contributed by atoms with Gasteiger partial charge < -0.3 is 10.2 Å². The lowest BCUT2D eigenvalue weighted by molar-refractivity contribution is -0.111. The van der Waals surface area contributed by atoms with E-state index < -0.39 is 5.24 Å². The number of carbonyl (C=O) groups excluding carboxylic acids is 1. The van der Waals surface area contributed by atoms with Crippen LogP contribution in [0.5, 0.6) is 11.5 Å². The summed E-state index contributed by atoms with van der Waals surface area (Å²) < 4.78 is 0. The molecule has 64 valence electrons. The van der Waals surface area contributed by atoms with E-state index in [2.05, 4.69) is 0 Å². The summed E-state index contributed by atoms with van der Waals surface area (Å²) in [7, 11) is 0. The molecular formula is C8H7ClO3. The third-order valence-corrected chi connectivity index (χ3v) is 1.44. The molecule has 1 aromatic rings. The highest BCUT2D eigenvalue weighted by atomic mass is 35.5. The Kier molecular flexibility index (Phi) is 2.55. The fraction of sp³-hybridized carbons (Fsp3) is 0.125. The van der Waals surface area contributed by atoms with Crippen LogP contribution in [0.1, 0.15) is 5.56 Å². The molecule has 4 heteroatoms. The van der Waals surface area contributed by atoms with Crippen LogP contribution in [-0.4, -0.2) is 15.5 Å². The van der Waals surface area contributed by atoms with Crippen LogP contribution >= 0.6 is 11.6 Å². The van der Waals surface area contributed by atoms with Gasteiger partial charge in [-0.25, -0.2) is 0 Å². The van der Waals surface area contributed by atoms with Crippen LogP contribution in [0.4, 0.5) is 0 Å². The maximum absolute atomic E-state index is 10.4. The second kappa shape index (κ2) is 3.45. The van der Waals surface area contributed by atoms with Gasteiger partial charge in [-0.2, -0.15) is 0 Å². The number of carbonyl (C=O) groups is 1. The van der Waals surface area contributed by atoms with Gasteiger partial charge in [-0.3, -0.25) is 4.79 Å². The molecule has 0 aliphatic heterocycles. The Morgan fingerprint density at radius 3 is 2.17 bits per heavy atom. The Labute approximate surface area is 74.2 Å². The summed E-state index contributed by atoms with van der Waals surface area (Å²) in [5.74, 6) is -0.161. The van der Waals surface area contributed by atoms with Gasteiger partial charge in [-0.1, -0.05) is 0 Å². The molecule has 0 saturated heterocycles. The zero-order valence-corrected chi connectivity index (χ0v) is 6.88. The molecule has 0 aliphatic carbocycles. The minimum atomic E-state index is -0.528. The van der Waals surface area contributed by atoms with Gasteiger partial charge in [0.25, 0.3) is 0 Å². The van der Waals surface area contributed by atoms with Crippen molar-refractivity contribution >= 4 is 16.8 Å². The van der Waals surface area contributed by atoms with Crippen LogP contribution in [0.3, 0.4) is 0 Å². The Morgan fingerprint density at radius 2 is 1.75 bits per heavy atom. The molecule has 0 aliphatic rings. The van der Waals surface area contributed by atoms with E-state index in [1.807, 2.05) is 0 Å². The molecule has 0 bridgehead atoms. The van der Waals surface area contributed by atoms with Crippen molar-refractivity contribution in [2.45, 2.75) is 6.42 Å². The molecule has 0 unspecified atom stereocenters. The van der Waals surface area contributed by atoms with Crippen molar-refractivity contribution in [2.24, 2.45) is 0 Å². The van der Waals surface area contributed by atoms with Gasteiger partial charge in [0, 0.05) is 12.5 Å². The third kappa shape index (κ3) is 2.43. The summed E-state index contributed by atoms with van der Waals surface area (Å²) in [5.41, 5.74) is 0.493. The fourth-order valence-electron chi connectivity index (χ4n) is 0.919. The first-order chi connectivity index (χ1) is 5.58. The molecule has 1 aromatic carbocycles. The van der Waals surface area contributed by atoms with E-state index in [4.69, 9.17) is 21.8 Å². The molecule has 0 atom stereocenters. The van der Waals surface area contributed by atoms with E-state index in [0.717, 1.165) is 0 Å². The highest BCUT2D eigenvalue weighted by Crippen LogP contribution is 2.20. The van der Waals surface area contributed by atoms with Crippen molar-refractivity contribution in [3.63, 3.8) is 0 Å². The van der Waals surface area contributed by atoms with Gasteiger partial charge in [-0.15, -0.1) is 0 Å². The molecule has 0 amide bonds. The lowest BCUT2D eigenvalue weighted by atomic mass is 10.1. The SMILES string of the molecule is O=C(Cl)Cc1cc(O)cc(O)c1. The number of benzene rings is 1. The maximum atomic E-state index is 10.4. The average molecular weight is 187 g/mol. The van der Waals surface area contributed by atoms with E-state index in [1.165, 1.54) is 18.2 Å². The molecule has 1 rings (SSSR count). The number of aromatic hydroxyl groups is 2. The van der Waals surface area contributed by atoms with Crippen molar-refractivity contribution < 1.29 is 15.0 Å². The number of halogens is 1. The summed E-state index contributed by atoms with van der Waals surface area (Å²) in [4.78, 5) is 10.4. The molecule has 0 fully saturated rings. The second-order valence-electron chi connectivity index (χ2n) is 2.39.